The number of nitrogens with zero attached hydrogens (tertiary/aromatic N) is 1. The second-order valence-corrected chi connectivity index (χ2v) is 5.59. The molecule has 1 heterocycles. The van der Waals surface area contributed by atoms with E-state index < -0.39 is 17.8 Å². The number of nitriles is 1. The number of halogens is 3. The number of alkyl halides is 3. The maximum atomic E-state index is 13.1. The molecule has 1 aliphatic carbocycles. The van der Waals surface area contributed by atoms with E-state index in [4.69, 9.17) is 5.26 Å². The number of rotatable bonds is 1. The average Bonchev–Trinajstić information content (AvgIpc) is 2.70. The summed E-state index contributed by atoms with van der Waals surface area (Å²) in [6.07, 6.45) is -2.17. The van der Waals surface area contributed by atoms with E-state index >= 15 is 0 Å². The minimum atomic E-state index is -4.51. The molecular weight excluding hydrogens is 353 g/mol. The van der Waals surface area contributed by atoms with Crippen LogP contribution < -0.4 is 5.32 Å². The molecule has 146 valence electrons. The number of hydrogen-bond donors (Lipinski definition) is 1. The fourth-order valence-electron chi connectivity index (χ4n) is 3.04. The van der Waals surface area contributed by atoms with Gasteiger partial charge in [0.2, 0.25) is 0 Å². The number of nitrogens with one attached hydrogen (secondary N) is 1. The van der Waals surface area contributed by atoms with Crippen LogP contribution in [0, 0.1) is 11.3 Å². The number of benzene rings is 1. The first-order valence-electron chi connectivity index (χ1n) is 9.22. The fourth-order valence-corrected chi connectivity index (χ4v) is 3.04. The Bertz CT molecular complexity index is 770. The smallest absolute Gasteiger partial charge is 0.355 e. The first-order chi connectivity index (χ1) is 12.9. The summed E-state index contributed by atoms with van der Waals surface area (Å²) in [7, 11) is 0. The van der Waals surface area contributed by atoms with E-state index in [0.29, 0.717) is 41.7 Å². The summed E-state index contributed by atoms with van der Waals surface area (Å²) < 4.78 is 39.4. The Morgan fingerprint density at radius 1 is 1.15 bits per heavy atom. The largest absolute Gasteiger partial charge is 0.430 e. The van der Waals surface area contributed by atoms with Crippen molar-refractivity contribution in [2.75, 3.05) is 0 Å². The van der Waals surface area contributed by atoms with Gasteiger partial charge in [0.25, 0.3) is 0 Å². The highest BCUT2D eigenvalue weighted by molar-refractivity contribution is 5.99. The van der Waals surface area contributed by atoms with Gasteiger partial charge in [-0.05, 0) is 36.6 Å². The molecule has 0 unspecified atom stereocenters. The Morgan fingerprint density at radius 3 is 2.41 bits per heavy atom. The second-order valence-electron chi connectivity index (χ2n) is 5.59. The van der Waals surface area contributed by atoms with E-state index in [-0.39, 0.29) is 5.78 Å². The zero-order chi connectivity index (χ0) is 20.6. The van der Waals surface area contributed by atoms with Gasteiger partial charge in [-0.3, -0.25) is 4.79 Å². The molecule has 0 radical (unpaired) electrons. The SMILES string of the molecule is CC.CC.N#Cc1cccc([C@@H]2C=C(C(F)(F)F)NC3=C2C(=O)CCC3)c1. The molecule has 1 N–H and O–H groups in total. The number of ketones is 1. The third-order valence-electron chi connectivity index (χ3n) is 4.07. The van der Waals surface area contributed by atoms with Gasteiger partial charge in [0.15, 0.2) is 5.78 Å². The lowest BCUT2D eigenvalue weighted by Crippen LogP contribution is -2.34. The lowest BCUT2D eigenvalue weighted by atomic mass is 9.79. The van der Waals surface area contributed by atoms with E-state index in [2.05, 4.69) is 5.32 Å². The molecule has 1 aromatic rings. The molecular formula is C21H25F3N2O. The summed E-state index contributed by atoms with van der Waals surface area (Å²) in [4.78, 5) is 12.2. The van der Waals surface area contributed by atoms with Crippen LogP contribution in [0.15, 0.2) is 47.3 Å². The number of hydrogen-bond acceptors (Lipinski definition) is 3. The Kier molecular flexibility index (Phi) is 8.30. The molecule has 27 heavy (non-hydrogen) atoms. The standard InChI is InChI=1S/C17H13F3N2O.2C2H6/c18-17(19,20)15-8-12(11-4-1-3-10(7-11)9-21)16-13(22-15)5-2-6-14(16)23;2*1-2/h1,3-4,7-8,12,22H,2,5-6H2;2*1-2H3/t12-;;/m0../s1. The van der Waals surface area contributed by atoms with Gasteiger partial charge in [-0.2, -0.15) is 18.4 Å². The van der Waals surface area contributed by atoms with Crippen molar-refractivity contribution >= 4 is 5.78 Å². The summed E-state index contributed by atoms with van der Waals surface area (Å²) >= 11 is 0. The van der Waals surface area contributed by atoms with Crippen molar-refractivity contribution in [3.8, 4) is 6.07 Å². The highest BCUT2D eigenvalue weighted by Gasteiger charge is 2.40. The van der Waals surface area contributed by atoms with Crippen LogP contribution in [0.2, 0.25) is 0 Å². The predicted octanol–water partition coefficient (Wildman–Crippen LogP) is 5.75. The molecule has 0 amide bonds. The summed E-state index contributed by atoms with van der Waals surface area (Å²) in [6.45, 7) is 8.00. The Hall–Kier alpha value is -2.55. The Morgan fingerprint density at radius 2 is 1.81 bits per heavy atom. The monoisotopic (exact) mass is 378 g/mol. The maximum Gasteiger partial charge on any atom is 0.430 e. The molecule has 2 aliphatic rings. The molecule has 0 aromatic heterocycles. The van der Waals surface area contributed by atoms with Gasteiger partial charge in [0.1, 0.15) is 5.70 Å². The molecule has 0 fully saturated rings. The first-order valence-corrected chi connectivity index (χ1v) is 9.22. The Labute approximate surface area is 158 Å². The topological polar surface area (TPSA) is 52.9 Å². The molecule has 1 aliphatic heterocycles. The molecule has 1 aromatic carbocycles. The predicted molar refractivity (Wildman–Crippen MR) is 99.8 cm³/mol. The Balaban J connectivity index is 0.000000855. The number of allylic oxidation sites excluding steroid dienone is 4. The van der Waals surface area contributed by atoms with Gasteiger partial charge < -0.3 is 5.32 Å². The lowest BCUT2D eigenvalue weighted by molar-refractivity contribution is -0.116. The third kappa shape index (κ3) is 5.22. The average molecular weight is 378 g/mol. The number of dihydropyridines is 1. The van der Waals surface area contributed by atoms with Crippen molar-refractivity contribution in [3.63, 3.8) is 0 Å². The van der Waals surface area contributed by atoms with Crippen LogP contribution in [0.5, 0.6) is 0 Å². The third-order valence-corrected chi connectivity index (χ3v) is 4.07. The van der Waals surface area contributed by atoms with Crippen molar-refractivity contribution in [3.05, 3.63) is 58.4 Å². The van der Waals surface area contributed by atoms with Crippen molar-refractivity contribution < 1.29 is 18.0 Å². The molecule has 1 atom stereocenters. The first kappa shape index (κ1) is 22.5. The fraction of sp³-hybridized carbons (Fsp3) is 0.429. The van der Waals surface area contributed by atoms with Gasteiger partial charge in [-0.25, -0.2) is 0 Å². The molecule has 0 saturated heterocycles. The van der Waals surface area contributed by atoms with Gasteiger partial charge in [0, 0.05) is 23.6 Å². The number of carbonyl (C=O) groups is 1. The molecule has 3 rings (SSSR count). The molecule has 3 nitrogen and oxygen atoms in total. The van der Waals surface area contributed by atoms with Gasteiger partial charge in [-0.15, -0.1) is 0 Å². The van der Waals surface area contributed by atoms with Gasteiger partial charge >= 0.3 is 6.18 Å². The van der Waals surface area contributed by atoms with E-state index in [1.807, 2.05) is 33.8 Å². The minimum absolute atomic E-state index is 0.136. The van der Waals surface area contributed by atoms with E-state index in [0.717, 1.165) is 6.08 Å². The maximum absolute atomic E-state index is 13.1. The van der Waals surface area contributed by atoms with Crippen LogP contribution in [-0.2, 0) is 4.79 Å². The van der Waals surface area contributed by atoms with Crippen molar-refractivity contribution in [2.24, 2.45) is 0 Å². The van der Waals surface area contributed by atoms with Crippen molar-refractivity contribution in [1.29, 1.82) is 5.26 Å². The van der Waals surface area contributed by atoms with Gasteiger partial charge in [-0.1, -0.05) is 39.8 Å². The summed E-state index contributed by atoms with van der Waals surface area (Å²) in [6, 6.07) is 8.35. The zero-order valence-electron chi connectivity index (χ0n) is 16.1. The second kappa shape index (κ2) is 9.96. The van der Waals surface area contributed by atoms with Crippen molar-refractivity contribution in [2.45, 2.75) is 59.1 Å². The zero-order valence-corrected chi connectivity index (χ0v) is 16.1. The van der Waals surface area contributed by atoms with Crippen LogP contribution >= 0.6 is 0 Å². The molecule has 0 saturated carbocycles. The van der Waals surface area contributed by atoms with Crippen LogP contribution in [-0.4, -0.2) is 12.0 Å². The number of Topliss-reactive ketones (excluding diaryl/α,β-unsaturated/α-hetero) is 1. The van der Waals surface area contributed by atoms with Crippen LogP contribution in [0.3, 0.4) is 0 Å². The van der Waals surface area contributed by atoms with E-state index in [9.17, 15) is 18.0 Å². The number of carbonyl (C=O) groups excluding carboxylic acids is 1. The molecule has 0 bridgehead atoms. The van der Waals surface area contributed by atoms with E-state index in [1.165, 1.54) is 6.07 Å². The lowest BCUT2D eigenvalue weighted by Gasteiger charge is -2.32. The van der Waals surface area contributed by atoms with Crippen LogP contribution in [0.1, 0.15) is 64.0 Å². The summed E-state index contributed by atoms with van der Waals surface area (Å²) in [5.41, 5.74) is 0.768. The molecule has 0 spiro atoms. The van der Waals surface area contributed by atoms with Crippen LogP contribution in [0.4, 0.5) is 13.2 Å². The highest BCUT2D eigenvalue weighted by atomic mass is 19.4. The molecule has 6 heteroatoms. The van der Waals surface area contributed by atoms with Crippen LogP contribution in [0.25, 0.3) is 0 Å². The minimum Gasteiger partial charge on any atom is -0.355 e. The van der Waals surface area contributed by atoms with Gasteiger partial charge in [0.05, 0.1) is 11.6 Å². The quantitative estimate of drug-likeness (QED) is 0.677. The normalized spacial score (nSPS) is 18.5. The summed E-state index contributed by atoms with van der Waals surface area (Å²) in [5.74, 6) is -0.910. The van der Waals surface area contributed by atoms with E-state index in [1.54, 1.807) is 18.2 Å². The summed E-state index contributed by atoms with van der Waals surface area (Å²) in [5, 5.41) is 11.4. The highest BCUT2D eigenvalue weighted by Crippen LogP contribution is 2.40. The van der Waals surface area contributed by atoms with Crippen molar-refractivity contribution in [1.82, 2.24) is 5.32 Å².